The first-order valence-corrected chi connectivity index (χ1v) is 9.89. The smallest absolute Gasteiger partial charge is 0.372 e. The van der Waals surface area contributed by atoms with Gasteiger partial charge in [0.05, 0.1) is 18.4 Å². The summed E-state index contributed by atoms with van der Waals surface area (Å²) in [6.07, 6.45) is -6.26. The van der Waals surface area contributed by atoms with Gasteiger partial charge in [-0.3, -0.25) is 4.79 Å². The maximum Gasteiger partial charge on any atom is 0.397 e. The number of halogens is 6. The largest absolute Gasteiger partial charge is 0.397 e. The Bertz CT molecular complexity index is 924. The summed E-state index contributed by atoms with van der Waals surface area (Å²) in [5, 5.41) is 2.26. The summed E-state index contributed by atoms with van der Waals surface area (Å²) in [7, 11) is 0. The first-order valence-electron chi connectivity index (χ1n) is 9.51. The third-order valence-electron chi connectivity index (χ3n) is 4.86. The van der Waals surface area contributed by atoms with Gasteiger partial charge in [-0.25, -0.2) is 8.78 Å². The third-order valence-corrected chi connectivity index (χ3v) is 5.08. The Morgan fingerprint density at radius 1 is 1.19 bits per heavy atom. The van der Waals surface area contributed by atoms with Gasteiger partial charge in [0.25, 0.3) is 0 Å². The number of aryl methyl sites for hydroxylation is 1. The Balaban J connectivity index is 1.72. The molecule has 1 fully saturated rings. The minimum Gasteiger partial charge on any atom is -0.372 e. The van der Waals surface area contributed by atoms with Gasteiger partial charge in [0, 0.05) is 23.8 Å². The number of carbonyl (C=O) groups excluding carboxylic acids is 1. The minimum absolute atomic E-state index is 0.264. The molecule has 1 heterocycles. The van der Waals surface area contributed by atoms with E-state index >= 15 is 0 Å². The molecule has 2 aromatic carbocycles. The van der Waals surface area contributed by atoms with Gasteiger partial charge < -0.3 is 15.0 Å². The molecular weight excluding hydrogens is 443 g/mol. The summed E-state index contributed by atoms with van der Waals surface area (Å²) in [6.45, 7) is 2.70. The highest BCUT2D eigenvalue weighted by molar-refractivity contribution is 6.30. The van der Waals surface area contributed by atoms with Crippen LogP contribution in [0.5, 0.6) is 0 Å². The van der Waals surface area contributed by atoms with Gasteiger partial charge in [-0.1, -0.05) is 11.6 Å². The normalized spacial score (nSPS) is 17.4. The van der Waals surface area contributed by atoms with Crippen LogP contribution in [0.15, 0.2) is 30.3 Å². The molecule has 0 bridgehead atoms. The Hall–Kier alpha value is -2.39. The van der Waals surface area contributed by atoms with Gasteiger partial charge in [-0.05, 0) is 54.8 Å². The minimum atomic E-state index is -4.68. The van der Waals surface area contributed by atoms with E-state index < -0.39 is 30.1 Å². The van der Waals surface area contributed by atoms with E-state index in [0.29, 0.717) is 42.9 Å². The highest BCUT2D eigenvalue weighted by Gasteiger charge is 2.31. The van der Waals surface area contributed by atoms with Gasteiger partial charge in [0.2, 0.25) is 5.91 Å². The monoisotopic (exact) mass is 462 g/mol. The molecule has 3 rings (SSSR count). The van der Waals surface area contributed by atoms with Crippen LogP contribution in [0, 0.1) is 18.6 Å². The molecule has 1 aliphatic heterocycles. The SMILES string of the molecule is Cc1cc(N2CCO[C@@H](c3cc(F)cc(Cl)c3)CC2)cc(F)c1NC(=O)CC(F)(F)F. The molecule has 0 aromatic heterocycles. The van der Waals surface area contributed by atoms with Crippen LogP contribution < -0.4 is 10.2 Å². The third kappa shape index (κ3) is 6.30. The molecule has 2 aromatic rings. The summed E-state index contributed by atoms with van der Waals surface area (Å²) < 4.78 is 71.1. The van der Waals surface area contributed by atoms with E-state index in [1.54, 1.807) is 12.1 Å². The van der Waals surface area contributed by atoms with Crippen molar-refractivity contribution in [2.75, 3.05) is 29.9 Å². The second kappa shape index (κ2) is 9.40. The molecule has 0 radical (unpaired) electrons. The van der Waals surface area contributed by atoms with E-state index in [9.17, 15) is 26.7 Å². The zero-order valence-corrected chi connectivity index (χ0v) is 17.3. The Labute approximate surface area is 180 Å². The molecule has 31 heavy (non-hydrogen) atoms. The van der Waals surface area contributed by atoms with Crippen molar-refractivity contribution in [1.82, 2.24) is 0 Å². The molecule has 1 saturated heterocycles. The average Bonchev–Trinajstić information content (AvgIpc) is 2.88. The van der Waals surface area contributed by atoms with Crippen LogP contribution >= 0.6 is 11.6 Å². The molecule has 1 N–H and O–H groups in total. The number of carbonyl (C=O) groups is 1. The van der Waals surface area contributed by atoms with Crippen LogP contribution in [0.25, 0.3) is 0 Å². The zero-order chi connectivity index (χ0) is 22.8. The molecule has 4 nitrogen and oxygen atoms in total. The van der Waals surface area contributed by atoms with Crippen molar-refractivity contribution in [2.24, 2.45) is 0 Å². The van der Waals surface area contributed by atoms with Gasteiger partial charge in [0.15, 0.2) is 0 Å². The highest BCUT2D eigenvalue weighted by Crippen LogP contribution is 2.31. The van der Waals surface area contributed by atoms with Gasteiger partial charge in [-0.2, -0.15) is 13.2 Å². The second-order valence-corrected chi connectivity index (χ2v) is 7.73. The van der Waals surface area contributed by atoms with Crippen molar-refractivity contribution in [3.63, 3.8) is 0 Å². The summed E-state index contributed by atoms with van der Waals surface area (Å²) in [5.41, 5.74) is 1.13. The topological polar surface area (TPSA) is 41.6 Å². The van der Waals surface area contributed by atoms with Crippen molar-refractivity contribution < 1.29 is 31.5 Å². The predicted molar refractivity (Wildman–Crippen MR) is 107 cm³/mol. The standard InChI is InChI=1S/C21H20ClF5N2O2/c1-12-6-16(10-17(24)20(12)28-19(30)11-21(25,26)27)29-3-2-18(31-5-4-29)13-7-14(22)9-15(23)8-13/h6-10,18H,2-5,11H2,1H3,(H,28,30)/t18-/m1/s1. The molecule has 0 aliphatic carbocycles. The maximum absolute atomic E-state index is 14.6. The summed E-state index contributed by atoms with van der Waals surface area (Å²) in [4.78, 5) is 13.4. The summed E-state index contributed by atoms with van der Waals surface area (Å²) in [6, 6.07) is 6.94. The number of rotatable bonds is 4. The highest BCUT2D eigenvalue weighted by atomic mass is 35.5. The summed E-state index contributed by atoms with van der Waals surface area (Å²) in [5.74, 6) is -2.63. The fourth-order valence-corrected chi connectivity index (χ4v) is 3.72. The Kier molecular flexibility index (Phi) is 7.06. The van der Waals surface area contributed by atoms with Crippen molar-refractivity contribution in [2.45, 2.75) is 32.0 Å². The van der Waals surface area contributed by atoms with Gasteiger partial charge >= 0.3 is 6.18 Å². The van der Waals surface area contributed by atoms with Crippen molar-refractivity contribution in [1.29, 1.82) is 0 Å². The number of hydrogen-bond donors (Lipinski definition) is 1. The number of amides is 1. The molecule has 0 unspecified atom stereocenters. The fourth-order valence-electron chi connectivity index (χ4n) is 3.49. The van der Waals surface area contributed by atoms with E-state index in [2.05, 4.69) is 0 Å². The maximum atomic E-state index is 14.6. The summed E-state index contributed by atoms with van der Waals surface area (Å²) >= 11 is 5.92. The quantitative estimate of drug-likeness (QED) is 0.585. The first-order chi connectivity index (χ1) is 14.5. The Morgan fingerprint density at radius 3 is 2.58 bits per heavy atom. The van der Waals surface area contributed by atoms with Crippen LogP contribution in [0.3, 0.4) is 0 Å². The second-order valence-electron chi connectivity index (χ2n) is 7.30. The number of ether oxygens (including phenoxy) is 1. The van der Waals surface area contributed by atoms with E-state index in [1.807, 2.05) is 10.2 Å². The Morgan fingerprint density at radius 2 is 1.94 bits per heavy atom. The average molecular weight is 463 g/mol. The lowest BCUT2D eigenvalue weighted by molar-refractivity contribution is -0.150. The van der Waals surface area contributed by atoms with Crippen molar-refractivity contribution in [3.05, 3.63) is 58.1 Å². The van der Waals surface area contributed by atoms with Crippen molar-refractivity contribution >= 4 is 28.9 Å². The molecule has 10 heteroatoms. The number of benzene rings is 2. The van der Waals surface area contributed by atoms with Crippen LogP contribution in [0.4, 0.5) is 33.3 Å². The molecular formula is C21H20ClF5N2O2. The molecule has 0 saturated carbocycles. The molecule has 1 aliphatic rings. The van der Waals surface area contributed by atoms with E-state index in [1.165, 1.54) is 19.1 Å². The molecule has 168 valence electrons. The fraction of sp³-hybridized carbons (Fsp3) is 0.381. The van der Waals surface area contributed by atoms with Gasteiger partial charge in [0.1, 0.15) is 18.1 Å². The number of alkyl halides is 3. The molecule has 1 amide bonds. The zero-order valence-electron chi connectivity index (χ0n) is 16.5. The van der Waals surface area contributed by atoms with Crippen LogP contribution in [-0.4, -0.2) is 31.8 Å². The lowest BCUT2D eigenvalue weighted by Gasteiger charge is -2.24. The molecule has 1 atom stereocenters. The van der Waals surface area contributed by atoms with E-state index in [4.69, 9.17) is 16.3 Å². The van der Waals surface area contributed by atoms with Crippen LogP contribution in [0.2, 0.25) is 5.02 Å². The van der Waals surface area contributed by atoms with Crippen LogP contribution in [0.1, 0.15) is 30.1 Å². The number of nitrogens with zero attached hydrogens (tertiary/aromatic N) is 1. The lowest BCUT2D eigenvalue weighted by atomic mass is 10.1. The molecule has 0 spiro atoms. The number of hydrogen-bond acceptors (Lipinski definition) is 3. The predicted octanol–water partition coefficient (Wildman–Crippen LogP) is 5.79. The number of anilines is 2. The van der Waals surface area contributed by atoms with Gasteiger partial charge in [-0.15, -0.1) is 0 Å². The van der Waals surface area contributed by atoms with Crippen LogP contribution in [-0.2, 0) is 9.53 Å². The first kappa shape index (κ1) is 23.3. The van der Waals surface area contributed by atoms with E-state index in [0.717, 1.165) is 6.07 Å². The van der Waals surface area contributed by atoms with E-state index in [-0.39, 0.29) is 16.8 Å². The van der Waals surface area contributed by atoms with Crippen molar-refractivity contribution in [3.8, 4) is 0 Å². The lowest BCUT2D eigenvalue weighted by Crippen LogP contribution is -2.26. The number of nitrogens with one attached hydrogen (secondary N) is 1.